The van der Waals surface area contributed by atoms with Gasteiger partial charge >= 0.3 is 11.9 Å². The quantitative estimate of drug-likeness (QED) is 0.503. The van der Waals surface area contributed by atoms with Gasteiger partial charge in [0.1, 0.15) is 17.3 Å². The van der Waals surface area contributed by atoms with Crippen molar-refractivity contribution in [1.82, 2.24) is 0 Å². The Labute approximate surface area is 139 Å². The van der Waals surface area contributed by atoms with Crippen molar-refractivity contribution in [3.8, 4) is 11.5 Å². The van der Waals surface area contributed by atoms with E-state index in [4.69, 9.17) is 18.9 Å². The zero-order chi connectivity index (χ0) is 17.2. The van der Waals surface area contributed by atoms with Gasteiger partial charge in [-0.05, 0) is 6.07 Å². The van der Waals surface area contributed by atoms with E-state index in [1.54, 1.807) is 20.3 Å². The first kappa shape index (κ1) is 19.2. The lowest BCUT2D eigenvalue weighted by Crippen LogP contribution is -2.19. The van der Waals surface area contributed by atoms with E-state index in [1.807, 2.05) is 12.1 Å². The van der Waals surface area contributed by atoms with Crippen LogP contribution in [-0.2, 0) is 30.0 Å². The zero-order valence-corrected chi connectivity index (χ0v) is 14.7. The molecule has 0 aliphatic rings. The van der Waals surface area contributed by atoms with Crippen molar-refractivity contribution in [3.63, 3.8) is 0 Å². The van der Waals surface area contributed by atoms with E-state index >= 15 is 0 Å². The average molecular weight is 343 g/mol. The van der Waals surface area contributed by atoms with E-state index in [0.717, 1.165) is 4.90 Å². The average Bonchev–Trinajstić information content (AvgIpc) is 2.60. The molecule has 0 radical (unpaired) electrons. The number of benzene rings is 1. The number of ether oxygens (including phenoxy) is 4. The highest BCUT2D eigenvalue weighted by atomic mass is 32.2. The third kappa shape index (κ3) is 6.02. The van der Waals surface area contributed by atoms with Gasteiger partial charge in [0, 0.05) is 23.0 Å². The molecule has 1 aromatic rings. The second-order valence-electron chi connectivity index (χ2n) is 4.57. The van der Waals surface area contributed by atoms with Crippen LogP contribution >= 0.6 is 0 Å². The smallest absolute Gasteiger partial charge is 0.310 e. The minimum atomic E-state index is -0.336. The molecule has 0 fully saturated rings. The Bertz CT molecular complexity index is 511. The van der Waals surface area contributed by atoms with Gasteiger partial charge in [0.25, 0.3) is 0 Å². The first-order valence-corrected chi connectivity index (χ1v) is 8.65. The number of methoxy groups -OCH3 is 4. The zero-order valence-electron chi connectivity index (χ0n) is 13.9. The number of esters is 2. The largest absolute Gasteiger partial charge is 0.497 e. The van der Waals surface area contributed by atoms with Gasteiger partial charge < -0.3 is 18.9 Å². The molecular weight excluding hydrogens is 320 g/mol. The van der Waals surface area contributed by atoms with E-state index in [2.05, 4.69) is 0 Å². The van der Waals surface area contributed by atoms with Gasteiger partial charge in [-0.25, -0.2) is 0 Å². The Morgan fingerprint density at radius 2 is 1.48 bits per heavy atom. The number of rotatable bonds is 9. The summed E-state index contributed by atoms with van der Waals surface area (Å²) in [6.45, 7) is 0. The Morgan fingerprint density at radius 1 is 0.913 bits per heavy atom. The summed E-state index contributed by atoms with van der Waals surface area (Å²) < 4.78 is 20.0. The molecule has 0 atom stereocenters. The van der Waals surface area contributed by atoms with Gasteiger partial charge in [0.15, 0.2) is 10.6 Å². The highest BCUT2D eigenvalue weighted by Gasteiger charge is 2.28. The highest BCUT2D eigenvalue weighted by Crippen LogP contribution is 2.31. The van der Waals surface area contributed by atoms with Gasteiger partial charge in [-0.3, -0.25) is 9.59 Å². The van der Waals surface area contributed by atoms with Gasteiger partial charge in [-0.15, -0.1) is 0 Å². The molecule has 0 spiro atoms. The van der Waals surface area contributed by atoms with Crippen molar-refractivity contribution in [2.45, 2.75) is 17.7 Å². The summed E-state index contributed by atoms with van der Waals surface area (Å²) in [5.74, 6) is 2.01. The molecule has 0 saturated carbocycles. The normalized spacial score (nSPS) is 10.3. The Balaban J connectivity index is 2.96. The first-order valence-electron chi connectivity index (χ1n) is 7.08. The molecule has 128 valence electrons. The summed E-state index contributed by atoms with van der Waals surface area (Å²) in [7, 11) is 5.56. The van der Waals surface area contributed by atoms with Crippen LogP contribution in [0.4, 0.5) is 0 Å². The summed E-state index contributed by atoms with van der Waals surface area (Å²) in [6, 6.07) is 5.55. The SMILES string of the molecule is COC(=O)CC[S+](CCC(=O)OC)c1ccc(OC)cc1OC. The first-order chi connectivity index (χ1) is 11.0. The molecule has 7 heteroatoms. The van der Waals surface area contributed by atoms with Crippen molar-refractivity contribution in [2.75, 3.05) is 39.9 Å². The van der Waals surface area contributed by atoms with Crippen LogP contribution in [0.15, 0.2) is 23.1 Å². The van der Waals surface area contributed by atoms with Crippen molar-refractivity contribution in [3.05, 3.63) is 18.2 Å². The monoisotopic (exact) mass is 343 g/mol. The Morgan fingerprint density at radius 3 is 1.91 bits per heavy atom. The predicted molar refractivity (Wildman–Crippen MR) is 88.2 cm³/mol. The lowest BCUT2D eigenvalue weighted by atomic mass is 10.3. The minimum absolute atomic E-state index is 0.270. The van der Waals surface area contributed by atoms with E-state index < -0.39 is 0 Å². The molecule has 23 heavy (non-hydrogen) atoms. The Kier molecular flexibility index (Phi) is 8.32. The van der Waals surface area contributed by atoms with Crippen molar-refractivity contribution in [1.29, 1.82) is 0 Å². The lowest BCUT2D eigenvalue weighted by Gasteiger charge is -2.12. The maximum Gasteiger partial charge on any atom is 0.310 e. The molecule has 0 saturated heterocycles. The lowest BCUT2D eigenvalue weighted by molar-refractivity contribution is -0.140. The summed E-state index contributed by atoms with van der Waals surface area (Å²) in [6.07, 6.45) is 0.575. The fourth-order valence-corrected chi connectivity index (χ4v) is 4.11. The third-order valence-corrected chi connectivity index (χ3v) is 5.60. The molecule has 0 unspecified atom stereocenters. The fraction of sp³-hybridized carbons (Fsp3) is 0.500. The number of carbonyl (C=O) groups excluding carboxylic acids is 2. The highest BCUT2D eigenvalue weighted by molar-refractivity contribution is 7.97. The summed E-state index contributed by atoms with van der Waals surface area (Å²) in [5.41, 5.74) is 0. The van der Waals surface area contributed by atoms with Crippen LogP contribution in [0.1, 0.15) is 12.8 Å². The molecule has 0 N–H and O–H groups in total. The Hall–Kier alpha value is -1.89. The molecule has 1 aromatic carbocycles. The van der Waals surface area contributed by atoms with Crippen molar-refractivity contribution >= 4 is 22.8 Å². The van der Waals surface area contributed by atoms with Gasteiger partial charge in [-0.1, -0.05) is 0 Å². The van der Waals surface area contributed by atoms with Crippen molar-refractivity contribution < 1.29 is 28.5 Å². The minimum Gasteiger partial charge on any atom is -0.497 e. The second kappa shape index (κ2) is 9.99. The standard InChI is InChI=1S/C16H23O6S/c1-19-12-5-6-14(13(11-12)20-2)23(9-7-15(17)21-3)10-8-16(18)22-4/h5-6,11H,7-10H2,1-4H3/q+1. The fourth-order valence-electron chi connectivity index (χ4n) is 1.95. The van der Waals surface area contributed by atoms with Crippen LogP contribution in [0.2, 0.25) is 0 Å². The predicted octanol–water partition coefficient (Wildman–Crippen LogP) is 1.81. The molecule has 0 heterocycles. The maximum atomic E-state index is 11.4. The number of hydrogen-bond acceptors (Lipinski definition) is 6. The molecule has 0 aliphatic carbocycles. The summed E-state index contributed by atoms with van der Waals surface area (Å²) in [5, 5.41) is 0. The van der Waals surface area contributed by atoms with Gasteiger partial charge in [0.05, 0.1) is 41.3 Å². The molecule has 0 aromatic heterocycles. The maximum absolute atomic E-state index is 11.4. The molecular formula is C16H23O6S+. The topological polar surface area (TPSA) is 71.1 Å². The van der Waals surface area contributed by atoms with Gasteiger partial charge in [0.2, 0.25) is 0 Å². The number of hydrogen-bond donors (Lipinski definition) is 0. The van der Waals surface area contributed by atoms with Crippen molar-refractivity contribution in [2.24, 2.45) is 0 Å². The van der Waals surface area contributed by atoms with E-state index in [-0.39, 0.29) is 35.7 Å². The molecule has 6 nitrogen and oxygen atoms in total. The molecule has 0 bridgehead atoms. The van der Waals surface area contributed by atoms with Gasteiger partial charge in [-0.2, -0.15) is 0 Å². The van der Waals surface area contributed by atoms with Crippen LogP contribution in [0.25, 0.3) is 0 Å². The molecule has 0 aliphatic heterocycles. The van der Waals surface area contributed by atoms with E-state index in [0.29, 0.717) is 23.0 Å². The van der Waals surface area contributed by atoms with Crippen LogP contribution in [0.3, 0.4) is 0 Å². The number of carbonyl (C=O) groups is 2. The van der Waals surface area contributed by atoms with Crippen LogP contribution < -0.4 is 9.47 Å². The summed E-state index contributed by atoms with van der Waals surface area (Å²) in [4.78, 5) is 23.8. The summed E-state index contributed by atoms with van der Waals surface area (Å²) >= 11 is 0. The van der Waals surface area contributed by atoms with E-state index in [1.165, 1.54) is 14.2 Å². The van der Waals surface area contributed by atoms with E-state index in [9.17, 15) is 9.59 Å². The van der Waals surface area contributed by atoms with Crippen LogP contribution in [-0.4, -0.2) is 51.9 Å². The second-order valence-corrected chi connectivity index (χ2v) is 6.81. The van der Waals surface area contributed by atoms with Crippen LogP contribution in [0, 0.1) is 0 Å². The molecule has 0 amide bonds. The van der Waals surface area contributed by atoms with Crippen LogP contribution in [0.5, 0.6) is 11.5 Å². The molecule has 1 rings (SSSR count). The third-order valence-electron chi connectivity index (χ3n) is 3.24.